The molecular weight excluding hydrogens is 202 g/mol. The molecule has 1 aromatic carbocycles. The number of rotatable bonds is 7. The molecule has 0 radical (unpaired) electrons. The Balaban J connectivity index is 2.67. The predicted molar refractivity (Wildman–Crippen MR) is 65.7 cm³/mol. The topological polar surface area (TPSA) is 30.5 Å². The highest BCUT2D eigenvalue weighted by Gasteiger charge is 2.09. The van der Waals surface area contributed by atoms with Crippen LogP contribution in [-0.2, 0) is 4.74 Å². The summed E-state index contributed by atoms with van der Waals surface area (Å²) in [6, 6.07) is 8.35. The van der Waals surface area contributed by atoms with Gasteiger partial charge in [-0.3, -0.25) is 0 Å². The summed E-state index contributed by atoms with van der Waals surface area (Å²) in [5.74, 6) is 0.893. The molecule has 0 bridgehead atoms. The van der Waals surface area contributed by atoms with Crippen LogP contribution in [0.1, 0.15) is 32.4 Å². The number of ether oxygens (including phenoxy) is 2. The van der Waals surface area contributed by atoms with Crippen LogP contribution in [0.2, 0.25) is 0 Å². The molecule has 1 aromatic rings. The highest BCUT2D eigenvalue weighted by atomic mass is 16.7. The average Bonchev–Trinajstić information content (AvgIpc) is 2.30. The maximum atomic E-state index is 5.58. The molecule has 90 valence electrons. The molecule has 0 aliphatic heterocycles. The lowest BCUT2D eigenvalue weighted by atomic mass is 10.1. The standard InChI is InChI=1S/C13H21NO2/c1-4-14-11(3)12-8-6-7-9-13(12)16-10-15-5-2/h6-9,11,14H,4-5,10H2,1-3H3. The molecule has 0 aromatic heterocycles. The number of benzene rings is 1. The maximum Gasteiger partial charge on any atom is 0.189 e. The van der Waals surface area contributed by atoms with Crippen LogP contribution < -0.4 is 10.1 Å². The lowest BCUT2D eigenvalue weighted by Crippen LogP contribution is -2.18. The molecule has 0 saturated carbocycles. The zero-order chi connectivity index (χ0) is 11.8. The van der Waals surface area contributed by atoms with E-state index in [-0.39, 0.29) is 0 Å². The Hall–Kier alpha value is -1.06. The lowest BCUT2D eigenvalue weighted by Gasteiger charge is -2.17. The Bertz CT molecular complexity index is 302. The molecule has 0 amide bonds. The van der Waals surface area contributed by atoms with Crippen molar-refractivity contribution in [2.45, 2.75) is 26.8 Å². The third-order valence-electron chi connectivity index (χ3n) is 2.40. The SMILES string of the molecule is CCNC(C)c1ccccc1OCOCC. The summed E-state index contributed by atoms with van der Waals surface area (Å²) in [6.07, 6.45) is 0. The normalized spacial score (nSPS) is 12.4. The second-order valence-corrected chi connectivity index (χ2v) is 3.57. The molecule has 0 aliphatic rings. The fourth-order valence-corrected chi connectivity index (χ4v) is 1.57. The number of para-hydroxylation sites is 1. The van der Waals surface area contributed by atoms with Crippen LogP contribution >= 0.6 is 0 Å². The molecule has 3 nitrogen and oxygen atoms in total. The Morgan fingerprint density at radius 3 is 2.69 bits per heavy atom. The van der Waals surface area contributed by atoms with E-state index in [0.717, 1.165) is 12.3 Å². The van der Waals surface area contributed by atoms with Gasteiger partial charge in [0.2, 0.25) is 0 Å². The average molecular weight is 223 g/mol. The molecule has 1 unspecified atom stereocenters. The maximum absolute atomic E-state index is 5.58. The van der Waals surface area contributed by atoms with Crippen LogP contribution in [0.4, 0.5) is 0 Å². The van der Waals surface area contributed by atoms with Crippen LogP contribution in [0.15, 0.2) is 24.3 Å². The van der Waals surface area contributed by atoms with Crippen molar-refractivity contribution >= 4 is 0 Å². The second-order valence-electron chi connectivity index (χ2n) is 3.57. The van der Waals surface area contributed by atoms with Gasteiger partial charge in [-0.25, -0.2) is 0 Å². The molecule has 16 heavy (non-hydrogen) atoms. The van der Waals surface area contributed by atoms with Gasteiger partial charge in [-0.2, -0.15) is 0 Å². The van der Waals surface area contributed by atoms with Gasteiger partial charge >= 0.3 is 0 Å². The van der Waals surface area contributed by atoms with Gasteiger partial charge in [0.15, 0.2) is 6.79 Å². The van der Waals surface area contributed by atoms with Gasteiger partial charge in [0, 0.05) is 18.2 Å². The summed E-state index contributed by atoms with van der Waals surface area (Å²) < 4.78 is 10.8. The summed E-state index contributed by atoms with van der Waals surface area (Å²) in [7, 11) is 0. The Labute approximate surface area is 97.8 Å². The molecule has 1 N–H and O–H groups in total. The third-order valence-corrected chi connectivity index (χ3v) is 2.40. The number of hydrogen-bond donors (Lipinski definition) is 1. The smallest absolute Gasteiger partial charge is 0.189 e. The minimum Gasteiger partial charge on any atom is -0.467 e. The summed E-state index contributed by atoms with van der Waals surface area (Å²) in [5.41, 5.74) is 1.17. The summed E-state index contributed by atoms with van der Waals surface area (Å²) >= 11 is 0. The van der Waals surface area contributed by atoms with E-state index >= 15 is 0 Å². The van der Waals surface area contributed by atoms with Crippen molar-refractivity contribution in [3.8, 4) is 5.75 Å². The van der Waals surface area contributed by atoms with Crippen LogP contribution in [0.25, 0.3) is 0 Å². The van der Waals surface area contributed by atoms with Gasteiger partial charge < -0.3 is 14.8 Å². The first-order valence-corrected chi connectivity index (χ1v) is 5.82. The van der Waals surface area contributed by atoms with Crippen molar-refractivity contribution in [1.29, 1.82) is 0 Å². The fourth-order valence-electron chi connectivity index (χ4n) is 1.57. The van der Waals surface area contributed by atoms with Gasteiger partial charge in [-0.1, -0.05) is 25.1 Å². The molecule has 1 atom stereocenters. The van der Waals surface area contributed by atoms with Gasteiger partial charge in [0.25, 0.3) is 0 Å². The summed E-state index contributed by atoms with van der Waals surface area (Å²) in [5, 5.41) is 3.37. The predicted octanol–water partition coefficient (Wildman–Crippen LogP) is 2.73. The van der Waals surface area contributed by atoms with Crippen molar-refractivity contribution in [3.63, 3.8) is 0 Å². The van der Waals surface area contributed by atoms with E-state index in [1.165, 1.54) is 5.56 Å². The minimum absolute atomic E-state index is 0.294. The van der Waals surface area contributed by atoms with E-state index in [0.29, 0.717) is 19.4 Å². The largest absolute Gasteiger partial charge is 0.467 e. The molecule has 3 heteroatoms. The summed E-state index contributed by atoms with van der Waals surface area (Å²) in [6.45, 7) is 8.11. The quantitative estimate of drug-likeness (QED) is 0.569. The van der Waals surface area contributed by atoms with Gasteiger partial charge in [0.05, 0.1) is 0 Å². The van der Waals surface area contributed by atoms with E-state index in [2.05, 4.69) is 25.2 Å². The van der Waals surface area contributed by atoms with Crippen LogP contribution in [0.3, 0.4) is 0 Å². The highest BCUT2D eigenvalue weighted by Crippen LogP contribution is 2.24. The van der Waals surface area contributed by atoms with Crippen molar-refractivity contribution in [2.75, 3.05) is 19.9 Å². The van der Waals surface area contributed by atoms with Gasteiger partial charge in [0.1, 0.15) is 5.75 Å². The monoisotopic (exact) mass is 223 g/mol. The highest BCUT2D eigenvalue weighted by molar-refractivity contribution is 5.35. The molecule has 0 aliphatic carbocycles. The van der Waals surface area contributed by atoms with Crippen molar-refractivity contribution in [2.24, 2.45) is 0 Å². The molecule has 0 saturated heterocycles. The first-order chi connectivity index (χ1) is 7.79. The van der Waals surface area contributed by atoms with E-state index in [1.807, 2.05) is 25.1 Å². The van der Waals surface area contributed by atoms with E-state index in [9.17, 15) is 0 Å². The van der Waals surface area contributed by atoms with Crippen molar-refractivity contribution in [1.82, 2.24) is 5.32 Å². The summed E-state index contributed by atoms with van der Waals surface area (Å²) in [4.78, 5) is 0. The van der Waals surface area contributed by atoms with E-state index in [4.69, 9.17) is 9.47 Å². The first kappa shape index (κ1) is 13.0. The van der Waals surface area contributed by atoms with Crippen LogP contribution in [-0.4, -0.2) is 19.9 Å². The first-order valence-electron chi connectivity index (χ1n) is 5.82. The molecule has 0 spiro atoms. The van der Waals surface area contributed by atoms with Crippen molar-refractivity contribution < 1.29 is 9.47 Å². The molecular formula is C13H21NO2. The Morgan fingerprint density at radius 2 is 2.00 bits per heavy atom. The molecule has 1 rings (SSSR count). The molecule has 0 fully saturated rings. The van der Waals surface area contributed by atoms with Gasteiger partial charge in [-0.05, 0) is 26.5 Å². The van der Waals surface area contributed by atoms with Crippen molar-refractivity contribution in [3.05, 3.63) is 29.8 Å². The fraction of sp³-hybridized carbons (Fsp3) is 0.538. The second kappa shape index (κ2) is 7.25. The lowest BCUT2D eigenvalue weighted by molar-refractivity contribution is 0.0216. The number of nitrogens with one attached hydrogen (secondary N) is 1. The van der Waals surface area contributed by atoms with E-state index in [1.54, 1.807) is 0 Å². The van der Waals surface area contributed by atoms with Crippen LogP contribution in [0.5, 0.6) is 5.75 Å². The van der Waals surface area contributed by atoms with Crippen LogP contribution in [0, 0.1) is 0 Å². The zero-order valence-electron chi connectivity index (χ0n) is 10.3. The minimum atomic E-state index is 0.294. The van der Waals surface area contributed by atoms with Gasteiger partial charge in [-0.15, -0.1) is 0 Å². The van der Waals surface area contributed by atoms with E-state index < -0.39 is 0 Å². The number of hydrogen-bond acceptors (Lipinski definition) is 3. The molecule has 0 heterocycles. The Morgan fingerprint density at radius 1 is 1.25 bits per heavy atom. The third kappa shape index (κ3) is 3.83. The zero-order valence-corrected chi connectivity index (χ0v) is 10.3. The Kier molecular flexibility index (Phi) is 5.90.